The van der Waals surface area contributed by atoms with E-state index in [0.29, 0.717) is 0 Å². The van der Waals surface area contributed by atoms with Crippen LogP contribution in [0.25, 0.3) is 0 Å². The molecule has 0 radical (unpaired) electrons. The topological polar surface area (TPSA) is 72.2 Å². The number of hydrogen-bond acceptors (Lipinski definition) is 4. The fourth-order valence-corrected chi connectivity index (χ4v) is 3.00. The molecule has 0 aliphatic heterocycles. The van der Waals surface area contributed by atoms with Gasteiger partial charge in [0.05, 0.1) is 20.7 Å². The molecule has 1 aromatic carbocycles. The minimum atomic E-state index is -0.655. The highest BCUT2D eigenvalue weighted by Gasteiger charge is 2.22. The lowest BCUT2D eigenvalue weighted by Gasteiger charge is -2.07. The van der Waals surface area contributed by atoms with Crippen molar-refractivity contribution in [3.05, 3.63) is 53.6 Å². The Morgan fingerprint density at radius 1 is 1.25 bits per heavy atom. The predicted molar refractivity (Wildman–Crippen MR) is 80.4 cm³/mol. The molecule has 0 bridgehead atoms. The molecule has 0 fully saturated rings. The number of nitrogens with zero attached hydrogens (tertiary/aromatic N) is 1. The molecule has 0 saturated carbocycles. The van der Waals surface area contributed by atoms with Crippen LogP contribution in [0.3, 0.4) is 0 Å². The summed E-state index contributed by atoms with van der Waals surface area (Å²) in [6.45, 7) is 0. The average molecular weight is 352 g/mol. The first-order chi connectivity index (χ1) is 9.40. The summed E-state index contributed by atoms with van der Waals surface area (Å²) >= 11 is 18.3. The fourth-order valence-electron chi connectivity index (χ4n) is 1.39. The Balaban J connectivity index is 2.29. The number of nitro groups is 1. The van der Waals surface area contributed by atoms with Crippen LogP contribution in [0.15, 0.2) is 24.3 Å². The summed E-state index contributed by atoms with van der Waals surface area (Å²) < 4.78 is -0.0644. The van der Waals surface area contributed by atoms with E-state index in [2.05, 4.69) is 5.32 Å². The molecule has 0 atom stereocenters. The zero-order valence-electron chi connectivity index (χ0n) is 9.52. The van der Waals surface area contributed by atoms with Crippen molar-refractivity contribution >= 4 is 63.4 Å². The summed E-state index contributed by atoms with van der Waals surface area (Å²) in [5.41, 5.74) is -0.0694. The van der Waals surface area contributed by atoms with Crippen LogP contribution >= 0.6 is 46.1 Å². The van der Waals surface area contributed by atoms with Gasteiger partial charge in [0.15, 0.2) is 4.34 Å². The van der Waals surface area contributed by atoms with Gasteiger partial charge in [-0.15, -0.1) is 11.3 Å². The summed E-state index contributed by atoms with van der Waals surface area (Å²) in [4.78, 5) is 22.1. The molecular formula is C11H5Cl3N2O3S. The second-order valence-corrected chi connectivity index (χ2v) is 6.05. The molecule has 1 aromatic heterocycles. The second-order valence-electron chi connectivity index (χ2n) is 3.58. The number of rotatable bonds is 3. The van der Waals surface area contributed by atoms with E-state index in [-0.39, 0.29) is 30.6 Å². The minimum absolute atomic E-state index is 0.0644. The Hall–Kier alpha value is -1.34. The molecule has 0 unspecified atom stereocenters. The first kappa shape index (κ1) is 15.1. The first-order valence-electron chi connectivity index (χ1n) is 5.09. The van der Waals surface area contributed by atoms with Crippen molar-refractivity contribution in [2.45, 2.75) is 0 Å². The van der Waals surface area contributed by atoms with Gasteiger partial charge in [0.25, 0.3) is 11.6 Å². The predicted octanol–water partition coefficient (Wildman–Crippen LogP) is 4.87. The highest BCUT2D eigenvalue weighted by Crippen LogP contribution is 2.35. The van der Waals surface area contributed by atoms with Gasteiger partial charge in [0.1, 0.15) is 4.88 Å². The Bertz CT molecular complexity index is 682. The standard InChI is InChI=1S/C11H5Cl3N2O3S/c12-5-2-1-3-6(13)9(5)15-11(17)8-4-7(16(18)19)10(14)20-8/h1-4H,(H,15,17). The lowest BCUT2D eigenvalue weighted by Crippen LogP contribution is -2.10. The Kier molecular flexibility index (Phi) is 4.49. The van der Waals surface area contributed by atoms with Crippen molar-refractivity contribution in [3.63, 3.8) is 0 Å². The van der Waals surface area contributed by atoms with E-state index in [0.717, 1.165) is 17.4 Å². The number of amides is 1. The largest absolute Gasteiger partial charge is 0.319 e. The van der Waals surface area contributed by atoms with Crippen molar-refractivity contribution in [3.8, 4) is 0 Å². The Morgan fingerprint density at radius 2 is 1.85 bits per heavy atom. The van der Waals surface area contributed by atoms with E-state index in [1.165, 1.54) is 0 Å². The SMILES string of the molecule is O=C(Nc1c(Cl)cccc1Cl)c1cc([N+](=O)[O-])c(Cl)s1. The van der Waals surface area contributed by atoms with Crippen LogP contribution in [0.4, 0.5) is 11.4 Å². The molecule has 0 saturated heterocycles. The second kappa shape index (κ2) is 5.97. The highest BCUT2D eigenvalue weighted by molar-refractivity contribution is 7.18. The molecule has 5 nitrogen and oxygen atoms in total. The average Bonchev–Trinajstić information content (AvgIpc) is 2.76. The van der Waals surface area contributed by atoms with E-state index in [1.54, 1.807) is 18.2 Å². The van der Waals surface area contributed by atoms with Crippen LogP contribution in [-0.4, -0.2) is 10.8 Å². The molecule has 2 rings (SSSR count). The van der Waals surface area contributed by atoms with Crippen molar-refractivity contribution in [1.82, 2.24) is 0 Å². The van der Waals surface area contributed by atoms with Crippen LogP contribution in [-0.2, 0) is 0 Å². The number of para-hydroxylation sites is 1. The number of halogens is 3. The van der Waals surface area contributed by atoms with Gasteiger partial charge in [-0.3, -0.25) is 14.9 Å². The normalized spacial score (nSPS) is 10.3. The first-order valence-corrected chi connectivity index (χ1v) is 7.04. The van der Waals surface area contributed by atoms with Gasteiger partial charge in [-0.05, 0) is 12.1 Å². The van der Waals surface area contributed by atoms with E-state index >= 15 is 0 Å². The minimum Gasteiger partial charge on any atom is -0.319 e. The molecule has 0 aliphatic rings. The summed E-state index contributed by atoms with van der Waals surface area (Å²) in [7, 11) is 0. The molecule has 104 valence electrons. The third kappa shape index (κ3) is 3.04. The molecule has 2 aromatic rings. The lowest BCUT2D eigenvalue weighted by atomic mass is 10.3. The van der Waals surface area contributed by atoms with Crippen LogP contribution in [0.1, 0.15) is 9.67 Å². The third-order valence-corrected chi connectivity index (χ3v) is 4.26. The number of carbonyl (C=O) groups excluding carboxylic acids is 1. The lowest BCUT2D eigenvalue weighted by molar-refractivity contribution is -0.384. The molecule has 20 heavy (non-hydrogen) atoms. The van der Waals surface area contributed by atoms with E-state index in [9.17, 15) is 14.9 Å². The van der Waals surface area contributed by atoms with E-state index in [1.807, 2.05) is 0 Å². The zero-order valence-corrected chi connectivity index (χ0v) is 12.6. The molecule has 1 heterocycles. The monoisotopic (exact) mass is 350 g/mol. The van der Waals surface area contributed by atoms with Crippen LogP contribution in [0.2, 0.25) is 14.4 Å². The van der Waals surface area contributed by atoms with Crippen molar-refractivity contribution < 1.29 is 9.72 Å². The number of benzene rings is 1. The summed E-state index contributed by atoms with van der Waals surface area (Å²) in [6.07, 6.45) is 0. The van der Waals surface area contributed by atoms with Gasteiger partial charge in [-0.25, -0.2) is 0 Å². The van der Waals surface area contributed by atoms with Gasteiger partial charge >= 0.3 is 0 Å². The number of thiophene rings is 1. The smallest absolute Gasteiger partial charge is 0.299 e. The van der Waals surface area contributed by atoms with Crippen molar-refractivity contribution in [2.24, 2.45) is 0 Å². The Morgan fingerprint density at radius 3 is 2.35 bits per heavy atom. The maximum Gasteiger partial charge on any atom is 0.299 e. The highest BCUT2D eigenvalue weighted by atomic mass is 35.5. The number of hydrogen-bond donors (Lipinski definition) is 1. The van der Waals surface area contributed by atoms with E-state index < -0.39 is 10.8 Å². The maximum absolute atomic E-state index is 12.0. The Labute approximate surface area is 132 Å². The van der Waals surface area contributed by atoms with Gasteiger partial charge < -0.3 is 5.32 Å². The van der Waals surface area contributed by atoms with Crippen LogP contribution in [0.5, 0.6) is 0 Å². The molecule has 0 aliphatic carbocycles. The molecular weight excluding hydrogens is 347 g/mol. The van der Waals surface area contributed by atoms with Gasteiger partial charge in [0.2, 0.25) is 0 Å². The van der Waals surface area contributed by atoms with Crippen LogP contribution < -0.4 is 5.32 Å². The molecule has 1 amide bonds. The van der Waals surface area contributed by atoms with Gasteiger partial charge in [-0.2, -0.15) is 0 Å². The van der Waals surface area contributed by atoms with Gasteiger partial charge in [0, 0.05) is 6.07 Å². The van der Waals surface area contributed by atoms with Crippen LogP contribution in [0, 0.1) is 10.1 Å². The molecule has 9 heteroatoms. The summed E-state index contributed by atoms with van der Waals surface area (Å²) in [5.74, 6) is -0.569. The molecule has 1 N–H and O–H groups in total. The molecule has 0 spiro atoms. The summed E-state index contributed by atoms with van der Waals surface area (Å²) in [6, 6.07) is 5.86. The zero-order chi connectivity index (χ0) is 14.9. The number of nitrogens with one attached hydrogen (secondary N) is 1. The van der Waals surface area contributed by atoms with Crippen molar-refractivity contribution in [2.75, 3.05) is 5.32 Å². The summed E-state index contributed by atoms with van der Waals surface area (Å²) in [5, 5.41) is 13.7. The van der Waals surface area contributed by atoms with Crippen molar-refractivity contribution in [1.29, 1.82) is 0 Å². The maximum atomic E-state index is 12.0. The van der Waals surface area contributed by atoms with E-state index in [4.69, 9.17) is 34.8 Å². The third-order valence-electron chi connectivity index (χ3n) is 2.29. The number of carbonyl (C=O) groups is 1. The fraction of sp³-hybridized carbons (Fsp3) is 0. The quantitative estimate of drug-likeness (QED) is 0.633. The van der Waals surface area contributed by atoms with Gasteiger partial charge in [-0.1, -0.05) is 40.9 Å². The number of anilines is 1.